The molecule has 3 heteroatoms. The normalized spacial score (nSPS) is 28.9. The topological polar surface area (TPSA) is 46.2 Å². The van der Waals surface area contributed by atoms with E-state index in [1.165, 1.54) is 25.7 Å². The summed E-state index contributed by atoms with van der Waals surface area (Å²) in [6.45, 7) is 2.12. The zero-order valence-corrected chi connectivity index (χ0v) is 10.8. The van der Waals surface area contributed by atoms with Crippen LogP contribution in [0.4, 0.5) is 0 Å². The van der Waals surface area contributed by atoms with Crippen molar-refractivity contribution in [3.05, 3.63) is 0 Å². The van der Waals surface area contributed by atoms with Gasteiger partial charge in [-0.15, -0.1) is 0 Å². The van der Waals surface area contributed by atoms with Gasteiger partial charge >= 0.3 is 0 Å². The molecule has 1 saturated carbocycles. The zero-order chi connectivity index (χ0) is 12.3. The largest absolute Gasteiger partial charge is 0.296 e. The second kappa shape index (κ2) is 5.19. The van der Waals surface area contributed by atoms with Crippen molar-refractivity contribution in [1.82, 2.24) is 5.32 Å². The maximum atomic E-state index is 12.0. The van der Waals surface area contributed by atoms with Crippen LogP contribution in [0, 0.1) is 11.3 Å². The van der Waals surface area contributed by atoms with Crippen molar-refractivity contribution < 1.29 is 9.59 Å². The number of amides is 2. The molecule has 1 heterocycles. The van der Waals surface area contributed by atoms with Crippen LogP contribution in [0.5, 0.6) is 0 Å². The third kappa shape index (κ3) is 2.53. The molecule has 1 saturated heterocycles. The second-order valence-corrected chi connectivity index (χ2v) is 5.71. The Labute approximate surface area is 103 Å². The lowest BCUT2D eigenvalue weighted by Crippen LogP contribution is -2.52. The fourth-order valence-corrected chi connectivity index (χ4v) is 3.67. The van der Waals surface area contributed by atoms with E-state index in [2.05, 4.69) is 12.2 Å². The predicted octanol–water partition coefficient (Wildman–Crippen LogP) is 2.79. The maximum absolute atomic E-state index is 12.0. The van der Waals surface area contributed by atoms with Gasteiger partial charge in [0.15, 0.2) is 0 Å². The predicted molar refractivity (Wildman–Crippen MR) is 66.3 cm³/mol. The van der Waals surface area contributed by atoms with E-state index in [-0.39, 0.29) is 23.1 Å². The highest BCUT2D eigenvalue weighted by Gasteiger charge is 2.47. The van der Waals surface area contributed by atoms with Crippen molar-refractivity contribution in [3.8, 4) is 0 Å². The fraction of sp³-hybridized carbons (Fsp3) is 0.857. The molecule has 17 heavy (non-hydrogen) atoms. The molecule has 2 fully saturated rings. The van der Waals surface area contributed by atoms with Gasteiger partial charge < -0.3 is 0 Å². The summed E-state index contributed by atoms with van der Waals surface area (Å²) in [5, 5.41) is 2.53. The van der Waals surface area contributed by atoms with Crippen LogP contribution in [0.25, 0.3) is 0 Å². The standard InChI is InChI=1S/C14H23NO2/c1-2-7-11-13(17)15-12(16)10-14(11)8-5-3-4-6-9-14/h11H,2-10H2,1H3,(H,15,16,17). The first-order valence-corrected chi connectivity index (χ1v) is 7.02. The van der Waals surface area contributed by atoms with E-state index >= 15 is 0 Å². The summed E-state index contributed by atoms with van der Waals surface area (Å²) in [5.74, 6) is 0.0116. The molecule has 1 aliphatic heterocycles. The number of hydrogen-bond donors (Lipinski definition) is 1. The first-order valence-electron chi connectivity index (χ1n) is 7.02. The number of nitrogens with one attached hydrogen (secondary N) is 1. The van der Waals surface area contributed by atoms with Crippen LogP contribution >= 0.6 is 0 Å². The van der Waals surface area contributed by atoms with E-state index in [1.54, 1.807) is 0 Å². The Morgan fingerprint density at radius 1 is 1.18 bits per heavy atom. The van der Waals surface area contributed by atoms with Crippen molar-refractivity contribution in [2.75, 3.05) is 0 Å². The number of imide groups is 1. The lowest BCUT2D eigenvalue weighted by molar-refractivity contribution is -0.145. The molecule has 1 unspecified atom stereocenters. The van der Waals surface area contributed by atoms with Crippen LogP contribution in [0.3, 0.4) is 0 Å². The Bertz CT molecular complexity index is 303. The Morgan fingerprint density at radius 2 is 1.82 bits per heavy atom. The van der Waals surface area contributed by atoms with Crippen LogP contribution in [0.1, 0.15) is 64.7 Å². The van der Waals surface area contributed by atoms with Crippen molar-refractivity contribution in [3.63, 3.8) is 0 Å². The first kappa shape index (κ1) is 12.6. The second-order valence-electron chi connectivity index (χ2n) is 5.71. The van der Waals surface area contributed by atoms with E-state index in [9.17, 15) is 9.59 Å². The first-order chi connectivity index (χ1) is 8.18. The quantitative estimate of drug-likeness (QED) is 0.751. The van der Waals surface area contributed by atoms with E-state index in [1.807, 2.05) is 0 Å². The molecular formula is C14H23NO2. The minimum atomic E-state index is -0.0516. The maximum Gasteiger partial charge on any atom is 0.230 e. The summed E-state index contributed by atoms with van der Waals surface area (Å²) < 4.78 is 0. The monoisotopic (exact) mass is 237 g/mol. The van der Waals surface area contributed by atoms with Crippen LogP contribution in [-0.2, 0) is 9.59 Å². The molecule has 0 aromatic rings. The summed E-state index contributed by atoms with van der Waals surface area (Å²) in [6, 6.07) is 0. The molecule has 1 aliphatic carbocycles. The molecule has 2 rings (SSSR count). The molecular weight excluding hydrogens is 214 g/mol. The highest BCUT2D eigenvalue weighted by molar-refractivity contribution is 5.99. The van der Waals surface area contributed by atoms with Gasteiger partial charge in [0.25, 0.3) is 0 Å². The minimum Gasteiger partial charge on any atom is -0.296 e. The van der Waals surface area contributed by atoms with Gasteiger partial charge in [0.1, 0.15) is 0 Å². The molecule has 0 bridgehead atoms. The van der Waals surface area contributed by atoms with Gasteiger partial charge in [0.2, 0.25) is 11.8 Å². The van der Waals surface area contributed by atoms with Gasteiger partial charge in [0.05, 0.1) is 0 Å². The van der Waals surface area contributed by atoms with Crippen molar-refractivity contribution >= 4 is 11.8 Å². The summed E-state index contributed by atoms with van der Waals surface area (Å²) >= 11 is 0. The van der Waals surface area contributed by atoms with E-state index in [0.717, 1.165) is 25.7 Å². The van der Waals surface area contributed by atoms with Gasteiger partial charge in [-0.25, -0.2) is 0 Å². The molecule has 0 radical (unpaired) electrons. The molecule has 1 spiro atoms. The van der Waals surface area contributed by atoms with Gasteiger partial charge in [-0.1, -0.05) is 39.0 Å². The third-order valence-electron chi connectivity index (χ3n) is 4.51. The van der Waals surface area contributed by atoms with Gasteiger partial charge in [0, 0.05) is 12.3 Å². The molecule has 0 aromatic carbocycles. The number of piperidine rings is 1. The third-order valence-corrected chi connectivity index (χ3v) is 4.51. The minimum absolute atomic E-state index is 0.00801. The average Bonchev–Trinajstić information content (AvgIpc) is 2.50. The SMILES string of the molecule is CCCC1C(=O)NC(=O)CC12CCCCCC2. The van der Waals surface area contributed by atoms with Gasteiger partial charge in [-0.2, -0.15) is 0 Å². The molecule has 2 amide bonds. The van der Waals surface area contributed by atoms with E-state index in [4.69, 9.17) is 0 Å². The van der Waals surface area contributed by atoms with Crippen molar-refractivity contribution in [2.45, 2.75) is 64.7 Å². The summed E-state index contributed by atoms with van der Waals surface area (Å²) in [5.41, 5.74) is -0.00801. The van der Waals surface area contributed by atoms with Crippen molar-refractivity contribution in [1.29, 1.82) is 0 Å². The molecule has 96 valence electrons. The smallest absolute Gasteiger partial charge is 0.230 e. The van der Waals surface area contributed by atoms with Crippen LogP contribution in [0.2, 0.25) is 0 Å². The molecule has 3 nitrogen and oxygen atoms in total. The fourth-order valence-electron chi connectivity index (χ4n) is 3.67. The van der Waals surface area contributed by atoms with Gasteiger partial charge in [-0.05, 0) is 24.7 Å². The van der Waals surface area contributed by atoms with Crippen LogP contribution < -0.4 is 5.32 Å². The highest BCUT2D eigenvalue weighted by Crippen LogP contribution is 2.47. The number of rotatable bonds is 2. The number of hydrogen-bond acceptors (Lipinski definition) is 2. The lowest BCUT2D eigenvalue weighted by atomic mass is 9.64. The van der Waals surface area contributed by atoms with Crippen molar-refractivity contribution in [2.24, 2.45) is 11.3 Å². The zero-order valence-electron chi connectivity index (χ0n) is 10.8. The van der Waals surface area contributed by atoms with E-state index < -0.39 is 0 Å². The summed E-state index contributed by atoms with van der Waals surface area (Å²) in [4.78, 5) is 23.7. The lowest BCUT2D eigenvalue weighted by Gasteiger charge is -2.42. The Balaban J connectivity index is 2.23. The molecule has 2 aliphatic rings. The molecule has 1 N–H and O–H groups in total. The van der Waals surface area contributed by atoms with Gasteiger partial charge in [-0.3, -0.25) is 14.9 Å². The Hall–Kier alpha value is -0.860. The Kier molecular flexibility index (Phi) is 3.85. The number of carbonyl (C=O) groups excluding carboxylic acids is 2. The van der Waals surface area contributed by atoms with E-state index in [0.29, 0.717) is 6.42 Å². The Morgan fingerprint density at radius 3 is 2.41 bits per heavy atom. The van der Waals surface area contributed by atoms with Crippen LogP contribution in [-0.4, -0.2) is 11.8 Å². The molecule has 1 atom stereocenters. The number of carbonyl (C=O) groups is 2. The summed E-state index contributed by atoms with van der Waals surface area (Å²) in [7, 11) is 0. The average molecular weight is 237 g/mol. The molecule has 0 aromatic heterocycles. The summed E-state index contributed by atoms with van der Waals surface area (Å²) in [6.07, 6.45) is 9.54. The highest BCUT2D eigenvalue weighted by atomic mass is 16.2. The van der Waals surface area contributed by atoms with Crippen LogP contribution in [0.15, 0.2) is 0 Å².